The molecule has 7 nitrogen and oxygen atoms in total. The van der Waals surface area contributed by atoms with Crippen molar-refractivity contribution < 1.29 is 18.3 Å². The second-order valence-corrected chi connectivity index (χ2v) is 12.0. The summed E-state index contributed by atoms with van der Waals surface area (Å²) in [5.41, 5.74) is 1.73. The number of benzene rings is 1. The number of aryl methyl sites for hydroxylation is 1. The van der Waals surface area contributed by atoms with Crippen LogP contribution >= 0.6 is 11.3 Å². The van der Waals surface area contributed by atoms with Gasteiger partial charge in [0, 0.05) is 19.1 Å². The number of nitrogens with zero attached hydrogens (tertiary/aromatic N) is 2. The van der Waals surface area contributed by atoms with Gasteiger partial charge in [-0.15, -0.1) is 0 Å². The van der Waals surface area contributed by atoms with Gasteiger partial charge in [-0.2, -0.15) is 0 Å². The quantitative estimate of drug-likeness (QED) is 0.591. The van der Waals surface area contributed by atoms with E-state index in [4.69, 9.17) is 9.72 Å². The second kappa shape index (κ2) is 10.3. The first-order chi connectivity index (χ1) is 15.8. The van der Waals surface area contributed by atoms with Gasteiger partial charge in [0.1, 0.15) is 10.6 Å². The fraction of sp³-hybridized carbons (Fsp3) is 0.625. The highest BCUT2D eigenvalue weighted by Crippen LogP contribution is 2.39. The van der Waals surface area contributed by atoms with E-state index in [2.05, 4.69) is 16.7 Å². The van der Waals surface area contributed by atoms with Crippen molar-refractivity contribution in [2.24, 2.45) is 0 Å². The Labute approximate surface area is 201 Å². The molecule has 0 aliphatic heterocycles. The topological polar surface area (TPSA) is 91.8 Å². The van der Waals surface area contributed by atoms with Crippen LogP contribution in [0.1, 0.15) is 63.5 Å². The number of aromatic nitrogens is 1. The number of thiazole rings is 1. The van der Waals surface area contributed by atoms with Crippen molar-refractivity contribution in [1.82, 2.24) is 9.71 Å². The van der Waals surface area contributed by atoms with Crippen molar-refractivity contribution >= 4 is 26.5 Å². The van der Waals surface area contributed by atoms with E-state index in [-0.39, 0.29) is 17.0 Å². The molecule has 2 saturated carbocycles. The summed E-state index contributed by atoms with van der Waals surface area (Å²) in [5, 5.41) is 10.7. The van der Waals surface area contributed by atoms with Crippen LogP contribution in [0.3, 0.4) is 0 Å². The van der Waals surface area contributed by atoms with Crippen LogP contribution in [0.2, 0.25) is 0 Å². The highest BCUT2D eigenvalue weighted by Gasteiger charge is 2.28. The summed E-state index contributed by atoms with van der Waals surface area (Å²) in [5.74, 6) is 0.323. The van der Waals surface area contributed by atoms with Crippen molar-refractivity contribution in [1.29, 1.82) is 0 Å². The number of aliphatic hydroxyl groups is 1. The molecule has 0 atom stereocenters. The molecule has 2 fully saturated rings. The molecule has 0 unspecified atom stereocenters. The van der Waals surface area contributed by atoms with Gasteiger partial charge in [-0.05, 0) is 69.2 Å². The van der Waals surface area contributed by atoms with E-state index in [1.165, 1.54) is 39.2 Å². The van der Waals surface area contributed by atoms with Crippen LogP contribution in [0, 0.1) is 6.92 Å². The standard InChI is InChI=1S/C24H35N3O4S2/c1-16-23(32-24(25-16)27(2)19-7-5-4-6-8-19)17-9-14-21(31-3)22(15-17)33(29,30)26-18-10-12-20(28)13-11-18/h9,14-15,18-20,26,28H,4-8,10-13H2,1-3H3. The lowest BCUT2D eigenvalue weighted by Crippen LogP contribution is -2.38. The van der Waals surface area contributed by atoms with Gasteiger partial charge in [-0.3, -0.25) is 0 Å². The van der Waals surface area contributed by atoms with Crippen molar-refractivity contribution in [3.8, 4) is 16.2 Å². The van der Waals surface area contributed by atoms with Crippen LogP contribution in [0.25, 0.3) is 10.4 Å². The summed E-state index contributed by atoms with van der Waals surface area (Å²) in [6.45, 7) is 1.98. The molecule has 0 spiro atoms. The third-order valence-electron chi connectivity index (χ3n) is 6.94. The highest BCUT2D eigenvalue weighted by atomic mass is 32.2. The van der Waals surface area contributed by atoms with Crippen molar-refractivity contribution in [3.05, 3.63) is 23.9 Å². The Kier molecular flexibility index (Phi) is 7.63. The number of nitrogens with one attached hydrogen (secondary N) is 1. The van der Waals surface area contributed by atoms with E-state index in [9.17, 15) is 13.5 Å². The van der Waals surface area contributed by atoms with Gasteiger partial charge < -0.3 is 14.7 Å². The summed E-state index contributed by atoms with van der Waals surface area (Å²) in [6.07, 6.45) is 8.38. The van der Waals surface area contributed by atoms with Crippen molar-refractivity contribution in [2.45, 2.75) is 87.8 Å². The third kappa shape index (κ3) is 5.53. The molecule has 9 heteroatoms. The summed E-state index contributed by atoms with van der Waals surface area (Å²) in [6, 6.07) is 5.66. The molecule has 1 heterocycles. The lowest BCUT2D eigenvalue weighted by Gasteiger charge is -2.30. The highest BCUT2D eigenvalue weighted by molar-refractivity contribution is 7.89. The molecule has 2 aliphatic carbocycles. The molecule has 1 aromatic carbocycles. The molecule has 1 aromatic heterocycles. The maximum absolute atomic E-state index is 13.3. The van der Waals surface area contributed by atoms with E-state index in [1.54, 1.807) is 23.5 Å². The van der Waals surface area contributed by atoms with Crippen molar-refractivity contribution in [2.75, 3.05) is 19.1 Å². The van der Waals surface area contributed by atoms with Gasteiger partial charge in [-0.25, -0.2) is 18.1 Å². The van der Waals surface area contributed by atoms with E-state index in [1.807, 2.05) is 13.0 Å². The van der Waals surface area contributed by atoms with Gasteiger partial charge >= 0.3 is 0 Å². The lowest BCUT2D eigenvalue weighted by molar-refractivity contribution is 0.120. The normalized spacial score (nSPS) is 22.3. The fourth-order valence-electron chi connectivity index (χ4n) is 4.93. The van der Waals surface area contributed by atoms with E-state index in [0.29, 0.717) is 37.5 Å². The first kappa shape index (κ1) is 24.4. The Balaban J connectivity index is 1.61. The molecule has 0 amide bonds. The maximum Gasteiger partial charge on any atom is 0.244 e. The summed E-state index contributed by atoms with van der Waals surface area (Å²) in [7, 11) is -0.169. The average molecular weight is 494 g/mol. The largest absolute Gasteiger partial charge is 0.495 e. The molecule has 182 valence electrons. The molecule has 2 aromatic rings. The minimum absolute atomic E-state index is 0.142. The Bertz CT molecular complexity index is 1060. The molecular weight excluding hydrogens is 458 g/mol. The first-order valence-corrected chi connectivity index (χ1v) is 14.2. The van der Waals surface area contributed by atoms with Gasteiger partial charge in [0.2, 0.25) is 10.0 Å². The molecule has 4 rings (SSSR count). The van der Waals surface area contributed by atoms with E-state index >= 15 is 0 Å². The Morgan fingerprint density at radius 1 is 1.12 bits per heavy atom. The molecule has 2 N–H and O–H groups in total. The van der Waals surface area contributed by atoms with Crippen LogP contribution in [0.5, 0.6) is 5.75 Å². The third-order valence-corrected chi connectivity index (χ3v) is 9.78. The Morgan fingerprint density at radius 2 is 1.82 bits per heavy atom. The van der Waals surface area contributed by atoms with Gasteiger partial charge in [0.05, 0.1) is 23.8 Å². The maximum atomic E-state index is 13.3. The average Bonchev–Trinajstić information content (AvgIpc) is 3.21. The number of hydrogen-bond acceptors (Lipinski definition) is 7. The van der Waals surface area contributed by atoms with Gasteiger partial charge in [0.25, 0.3) is 0 Å². The summed E-state index contributed by atoms with van der Waals surface area (Å²) < 4.78 is 34.8. The summed E-state index contributed by atoms with van der Waals surface area (Å²) >= 11 is 1.61. The number of sulfonamides is 1. The number of anilines is 1. The number of aliphatic hydroxyl groups excluding tert-OH is 1. The predicted octanol–water partition coefficient (Wildman–Crippen LogP) is 4.48. The van der Waals surface area contributed by atoms with Crippen LogP contribution in [-0.2, 0) is 10.0 Å². The SMILES string of the molecule is COc1ccc(-c2sc(N(C)C3CCCCC3)nc2C)cc1S(=O)(=O)NC1CCC(O)CC1. The minimum atomic E-state index is -3.77. The number of hydrogen-bond donors (Lipinski definition) is 2. The van der Waals surface area contributed by atoms with E-state index in [0.717, 1.165) is 21.3 Å². The monoisotopic (exact) mass is 493 g/mol. The molecule has 33 heavy (non-hydrogen) atoms. The molecule has 2 aliphatic rings. The number of rotatable bonds is 7. The van der Waals surface area contributed by atoms with Crippen LogP contribution in [-0.4, -0.2) is 50.9 Å². The Hall–Kier alpha value is -1.68. The minimum Gasteiger partial charge on any atom is -0.495 e. The molecule has 0 radical (unpaired) electrons. The van der Waals surface area contributed by atoms with Crippen LogP contribution in [0.4, 0.5) is 5.13 Å². The van der Waals surface area contributed by atoms with Crippen molar-refractivity contribution in [3.63, 3.8) is 0 Å². The predicted molar refractivity (Wildman–Crippen MR) is 133 cm³/mol. The van der Waals surface area contributed by atoms with Gasteiger partial charge in [-0.1, -0.05) is 30.6 Å². The summed E-state index contributed by atoms with van der Waals surface area (Å²) in [4.78, 5) is 8.24. The smallest absolute Gasteiger partial charge is 0.244 e. The Morgan fingerprint density at radius 3 is 2.48 bits per heavy atom. The zero-order chi connectivity index (χ0) is 23.6. The molecule has 0 saturated heterocycles. The van der Waals surface area contributed by atoms with E-state index < -0.39 is 10.0 Å². The zero-order valence-corrected chi connectivity index (χ0v) is 21.3. The second-order valence-electron chi connectivity index (χ2n) is 9.31. The zero-order valence-electron chi connectivity index (χ0n) is 19.7. The van der Waals surface area contributed by atoms with Gasteiger partial charge in [0.15, 0.2) is 5.13 Å². The van der Waals surface area contributed by atoms with Crippen LogP contribution in [0.15, 0.2) is 23.1 Å². The molecular formula is C24H35N3O4S2. The first-order valence-electron chi connectivity index (χ1n) is 11.9. The number of methoxy groups -OCH3 is 1. The van der Waals surface area contributed by atoms with Crippen LogP contribution < -0.4 is 14.4 Å². The number of ether oxygens (including phenoxy) is 1. The molecule has 0 bridgehead atoms. The lowest BCUT2D eigenvalue weighted by atomic mass is 9.94. The fourth-order valence-corrected chi connectivity index (χ4v) is 7.53.